The van der Waals surface area contributed by atoms with Crippen LogP contribution < -0.4 is 0 Å². The number of para-hydroxylation sites is 1. The minimum absolute atomic E-state index is 0.0747. The van der Waals surface area contributed by atoms with Gasteiger partial charge in [-0.2, -0.15) is 0 Å². The molecule has 0 aliphatic carbocycles. The molecule has 0 aromatic heterocycles. The molecule has 0 unspecified atom stereocenters. The molecule has 1 amide bonds. The summed E-state index contributed by atoms with van der Waals surface area (Å²) < 4.78 is 0. The summed E-state index contributed by atoms with van der Waals surface area (Å²) in [6.45, 7) is 3.16. The fourth-order valence-corrected chi connectivity index (χ4v) is 2.57. The minimum atomic E-state index is 0.0747. The molecule has 1 N–H and O–H groups in total. The van der Waals surface area contributed by atoms with Crippen molar-refractivity contribution in [3.8, 4) is 5.75 Å². The topological polar surface area (TPSA) is 40.5 Å². The third-order valence-electron chi connectivity index (χ3n) is 3.60. The predicted octanol–water partition coefficient (Wildman–Crippen LogP) is 4.03. The van der Waals surface area contributed by atoms with E-state index in [1.807, 2.05) is 43.3 Å². The Kier molecular flexibility index (Phi) is 5.84. The fraction of sp³-hybridized carbons (Fsp3) is 0.278. The number of carbonyl (C=O) groups excluding carboxylic acids is 1. The van der Waals surface area contributed by atoms with E-state index in [0.717, 1.165) is 11.1 Å². The largest absolute Gasteiger partial charge is 0.508 e. The number of amides is 1. The van der Waals surface area contributed by atoms with Gasteiger partial charge in [-0.15, -0.1) is 0 Å². The van der Waals surface area contributed by atoms with Gasteiger partial charge >= 0.3 is 0 Å². The van der Waals surface area contributed by atoms with Crippen LogP contribution in [0.1, 0.15) is 24.5 Å². The van der Waals surface area contributed by atoms with Crippen LogP contribution in [0.5, 0.6) is 5.75 Å². The highest BCUT2D eigenvalue weighted by molar-refractivity contribution is 6.30. The summed E-state index contributed by atoms with van der Waals surface area (Å²) in [5.41, 5.74) is 1.82. The van der Waals surface area contributed by atoms with Gasteiger partial charge in [-0.05, 0) is 42.7 Å². The van der Waals surface area contributed by atoms with Crippen LogP contribution in [0.15, 0.2) is 48.5 Å². The van der Waals surface area contributed by atoms with Crippen LogP contribution in [-0.4, -0.2) is 22.5 Å². The van der Waals surface area contributed by atoms with Gasteiger partial charge in [0, 0.05) is 24.5 Å². The Balaban J connectivity index is 1.96. The highest BCUT2D eigenvalue weighted by Gasteiger charge is 2.13. The molecule has 2 aromatic rings. The fourth-order valence-electron chi connectivity index (χ4n) is 2.35. The molecule has 0 atom stereocenters. The van der Waals surface area contributed by atoms with Crippen molar-refractivity contribution in [3.63, 3.8) is 0 Å². The molecule has 0 fully saturated rings. The zero-order valence-electron chi connectivity index (χ0n) is 12.6. The van der Waals surface area contributed by atoms with E-state index < -0.39 is 0 Å². The van der Waals surface area contributed by atoms with Crippen LogP contribution >= 0.6 is 11.6 Å². The molecule has 0 saturated heterocycles. The Bertz CT molecular complexity index is 642. The first-order valence-corrected chi connectivity index (χ1v) is 7.77. The maximum absolute atomic E-state index is 12.4. The van der Waals surface area contributed by atoms with Gasteiger partial charge in [-0.25, -0.2) is 0 Å². The first-order chi connectivity index (χ1) is 10.6. The zero-order chi connectivity index (χ0) is 15.9. The summed E-state index contributed by atoms with van der Waals surface area (Å²) in [7, 11) is 0. The van der Waals surface area contributed by atoms with Crippen molar-refractivity contribution in [1.29, 1.82) is 0 Å². The van der Waals surface area contributed by atoms with Gasteiger partial charge in [-0.1, -0.05) is 41.9 Å². The van der Waals surface area contributed by atoms with Crippen LogP contribution in [0.2, 0.25) is 5.02 Å². The average molecular weight is 318 g/mol. The van der Waals surface area contributed by atoms with E-state index in [1.165, 1.54) is 0 Å². The molecular formula is C18H20ClNO2. The van der Waals surface area contributed by atoms with Crippen LogP contribution in [-0.2, 0) is 17.8 Å². The Morgan fingerprint density at radius 1 is 1.18 bits per heavy atom. The maximum atomic E-state index is 12.4. The van der Waals surface area contributed by atoms with Crippen LogP contribution in [0.3, 0.4) is 0 Å². The zero-order valence-corrected chi connectivity index (χ0v) is 13.4. The van der Waals surface area contributed by atoms with E-state index in [0.29, 0.717) is 31.0 Å². The molecule has 22 heavy (non-hydrogen) atoms. The number of halogens is 1. The Hall–Kier alpha value is -2.00. The second kappa shape index (κ2) is 7.85. The molecule has 0 saturated carbocycles. The Morgan fingerprint density at radius 2 is 1.95 bits per heavy atom. The third kappa shape index (κ3) is 4.50. The molecule has 0 bridgehead atoms. The second-order valence-corrected chi connectivity index (χ2v) is 5.60. The van der Waals surface area contributed by atoms with Gasteiger partial charge in [0.2, 0.25) is 5.91 Å². The molecule has 0 spiro atoms. The van der Waals surface area contributed by atoms with Crippen LogP contribution in [0.25, 0.3) is 0 Å². The summed E-state index contributed by atoms with van der Waals surface area (Å²) >= 11 is 5.98. The lowest BCUT2D eigenvalue weighted by molar-refractivity contribution is -0.131. The lowest BCUT2D eigenvalue weighted by Gasteiger charge is -2.21. The van der Waals surface area contributed by atoms with Gasteiger partial charge < -0.3 is 10.0 Å². The van der Waals surface area contributed by atoms with Crippen molar-refractivity contribution in [2.75, 3.05) is 6.54 Å². The summed E-state index contributed by atoms with van der Waals surface area (Å²) in [6.07, 6.45) is 0.920. The molecule has 4 heteroatoms. The molecule has 0 aliphatic rings. The number of hydrogen-bond donors (Lipinski definition) is 1. The standard InChI is InChI=1S/C18H20ClNO2/c1-2-20(13-14-6-5-8-16(19)12-14)18(22)11-10-15-7-3-4-9-17(15)21/h3-9,12,21H,2,10-11,13H2,1H3. The van der Waals surface area contributed by atoms with Gasteiger partial charge in [0.15, 0.2) is 0 Å². The summed E-state index contributed by atoms with van der Waals surface area (Å²) in [5.74, 6) is 0.318. The number of phenols is 1. The van der Waals surface area contributed by atoms with E-state index in [4.69, 9.17) is 11.6 Å². The third-order valence-corrected chi connectivity index (χ3v) is 3.83. The molecule has 2 rings (SSSR count). The van der Waals surface area contributed by atoms with E-state index in [9.17, 15) is 9.90 Å². The molecule has 0 heterocycles. The van der Waals surface area contributed by atoms with E-state index in [1.54, 1.807) is 17.0 Å². The lowest BCUT2D eigenvalue weighted by Crippen LogP contribution is -2.30. The summed E-state index contributed by atoms with van der Waals surface area (Å²) in [6, 6.07) is 14.7. The number of phenolic OH excluding ortho intramolecular Hbond substituents is 1. The van der Waals surface area contributed by atoms with Crippen molar-refractivity contribution in [1.82, 2.24) is 4.90 Å². The summed E-state index contributed by atoms with van der Waals surface area (Å²) in [5, 5.41) is 10.4. The SMILES string of the molecule is CCN(Cc1cccc(Cl)c1)C(=O)CCc1ccccc1O. The number of hydrogen-bond acceptors (Lipinski definition) is 2. The van der Waals surface area contributed by atoms with Crippen LogP contribution in [0.4, 0.5) is 0 Å². The van der Waals surface area contributed by atoms with Crippen molar-refractivity contribution in [2.45, 2.75) is 26.3 Å². The smallest absolute Gasteiger partial charge is 0.223 e. The van der Waals surface area contributed by atoms with Gasteiger partial charge in [0.1, 0.15) is 5.75 Å². The highest BCUT2D eigenvalue weighted by atomic mass is 35.5. The molecular weight excluding hydrogens is 298 g/mol. The van der Waals surface area contributed by atoms with Crippen molar-refractivity contribution in [2.24, 2.45) is 0 Å². The van der Waals surface area contributed by atoms with Crippen molar-refractivity contribution in [3.05, 3.63) is 64.7 Å². The van der Waals surface area contributed by atoms with E-state index in [2.05, 4.69) is 0 Å². The number of aryl methyl sites for hydroxylation is 1. The van der Waals surface area contributed by atoms with Crippen molar-refractivity contribution >= 4 is 17.5 Å². The van der Waals surface area contributed by atoms with Gasteiger partial charge in [0.05, 0.1) is 0 Å². The normalized spacial score (nSPS) is 10.5. The molecule has 116 valence electrons. The van der Waals surface area contributed by atoms with E-state index in [-0.39, 0.29) is 11.7 Å². The monoisotopic (exact) mass is 317 g/mol. The number of benzene rings is 2. The highest BCUT2D eigenvalue weighted by Crippen LogP contribution is 2.18. The molecule has 2 aromatic carbocycles. The Morgan fingerprint density at radius 3 is 2.64 bits per heavy atom. The van der Waals surface area contributed by atoms with Gasteiger partial charge in [-0.3, -0.25) is 4.79 Å². The first-order valence-electron chi connectivity index (χ1n) is 7.39. The molecule has 3 nitrogen and oxygen atoms in total. The van der Waals surface area contributed by atoms with Crippen LogP contribution in [0, 0.1) is 0 Å². The van der Waals surface area contributed by atoms with Crippen molar-refractivity contribution < 1.29 is 9.90 Å². The quantitative estimate of drug-likeness (QED) is 0.874. The first kappa shape index (κ1) is 16.4. The molecule has 0 radical (unpaired) electrons. The maximum Gasteiger partial charge on any atom is 0.223 e. The predicted molar refractivity (Wildman–Crippen MR) is 89.0 cm³/mol. The minimum Gasteiger partial charge on any atom is -0.508 e. The number of carbonyl (C=O) groups is 1. The second-order valence-electron chi connectivity index (χ2n) is 5.17. The van der Waals surface area contributed by atoms with E-state index >= 15 is 0 Å². The van der Waals surface area contributed by atoms with Gasteiger partial charge in [0.25, 0.3) is 0 Å². The average Bonchev–Trinajstić information content (AvgIpc) is 2.51. The lowest BCUT2D eigenvalue weighted by atomic mass is 10.1. The Labute approximate surface area is 136 Å². The molecule has 0 aliphatic heterocycles. The number of aromatic hydroxyl groups is 1. The summed E-state index contributed by atoms with van der Waals surface area (Å²) in [4.78, 5) is 14.2. The number of nitrogens with zero attached hydrogens (tertiary/aromatic N) is 1. The number of rotatable bonds is 6.